The third-order valence-corrected chi connectivity index (χ3v) is 3.96. The van der Waals surface area contributed by atoms with Gasteiger partial charge in [0.2, 0.25) is 0 Å². The second-order valence-electron chi connectivity index (χ2n) is 5.41. The summed E-state index contributed by atoms with van der Waals surface area (Å²) in [4.78, 5) is 0. The Balaban J connectivity index is 1.86. The molecule has 1 aromatic rings. The summed E-state index contributed by atoms with van der Waals surface area (Å²) in [6.07, 6.45) is 5.28. The van der Waals surface area contributed by atoms with Crippen LogP contribution in [0.15, 0.2) is 18.2 Å². The van der Waals surface area contributed by atoms with E-state index in [1.54, 1.807) is 14.2 Å². The summed E-state index contributed by atoms with van der Waals surface area (Å²) < 4.78 is 16.3. The predicted octanol–water partition coefficient (Wildman–Crippen LogP) is 2.91. The van der Waals surface area contributed by atoms with Crippen LogP contribution < -0.4 is 15.2 Å². The Morgan fingerprint density at radius 2 is 1.85 bits per heavy atom. The predicted molar refractivity (Wildman–Crippen MR) is 79.3 cm³/mol. The van der Waals surface area contributed by atoms with Gasteiger partial charge in [0, 0.05) is 6.61 Å². The van der Waals surface area contributed by atoms with Crippen molar-refractivity contribution in [3.8, 4) is 11.5 Å². The second-order valence-corrected chi connectivity index (χ2v) is 5.41. The first-order valence-corrected chi connectivity index (χ1v) is 7.30. The molecular formula is C16H25NO3. The topological polar surface area (TPSA) is 53.7 Å². The molecule has 20 heavy (non-hydrogen) atoms. The second kappa shape index (κ2) is 7.50. The van der Waals surface area contributed by atoms with E-state index in [0.29, 0.717) is 12.4 Å². The molecule has 112 valence electrons. The minimum absolute atomic E-state index is 0.129. The van der Waals surface area contributed by atoms with E-state index in [1.807, 2.05) is 18.2 Å². The maximum atomic E-state index is 6.17. The highest BCUT2D eigenvalue weighted by molar-refractivity contribution is 5.43. The third kappa shape index (κ3) is 3.87. The fourth-order valence-electron chi connectivity index (χ4n) is 2.72. The molecule has 1 atom stereocenters. The lowest BCUT2D eigenvalue weighted by molar-refractivity contribution is 0.0904. The zero-order valence-electron chi connectivity index (χ0n) is 12.4. The standard InChI is InChI=1S/C16H25NO3/c1-18-15-8-7-13(9-16(15)19-2)14(17)11-20-10-12-5-3-4-6-12/h7-9,12,14H,3-6,10-11,17H2,1-2H3. The lowest BCUT2D eigenvalue weighted by Gasteiger charge is -2.16. The molecule has 0 heterocycles. The van der Waals surface area contributed by atoms with Crippen LogP contribution in [0.25, 0.3) is 0 Å². The first-order valence-electron chi connectivity index (χ1n) is 7.30. The van der Waals surface area contributed by atoms with E-state index < -0.39 is 0 Å². The molecule has 1 saturated carbocycles. The minimum Gasteiger partial charge on any atom is -0.493 e. The van der Waals surface area contributed by atoms with Crippen LogP contribution in [0.5, 0.6) is 11.5 Å². The summed E-state index contributed by atoms with van der Waals surface area (Å²) in [5, 5.41) is 0. The maximum Gasteiger partial charge on any atom is 0.161 e. The highest BCUT2D eigenvalue weighted by atomic mass is 16.5. The molecule has 1 fully saturated rings. The molecule has 0 aliphatic heterocycles. The van der Waals surface area contributed by atoms with Crippen LogP contribution in [0.4, 0.5) is 0 Å². The third-order valence-electron chi connectivity index (χ3n) is 3.96. The van der Waals surface area contributed by atoms with Gasteiger partial charge in [0.15, 0.2) is 11.5 Å². The van der Waals surface area contributed by atoms with Crippen molar-refractivity contribution in [1.29, 1.82) is 0 Å². The molecule has 0 amide bonds. The van der Waals surface area contributed by atoms with E-state index in [0.717, 1.165) is 23.8 Å². The zero-order chi connectivity index (χ0) is 14.4. The molecule has 1 unspecified atom stereocenters. The van der Waals surface area contributed by atoms with Gasteiger partial charge in [-0.05, 0) is 36.5 Å². The van der Waals surface area contributed by atoms with Crippen LogP contribution in [-0.2, 0) is 4.74 Å². The highest BCUT2D eigenvalue weighted by Crippen LogP contribution is 2.30. The largest absolute Gasteiger partial charge is 0.493 e. The van der Waals surface area contributed by atoms with Crippen LogP contribution in [0.2, 0.25) is 0 Å². The van der Waals surface area contributed by atoms with E-state index in [1.165, 1.54) is 25.7 Å². The summed E-state index contributed by atoms with van der Waals surface area (Å²) in [6.45, 7) is 1.38. The van der Waals surface area contributed by atoms with Crippen molar-refractivity contribution in [2.45, 2.75) is 31.7 Å². The van der Waals surface area contributed by atoms with Crippen molar-refractivity contribution in [3.63, 3.8) is 0 Å². The Kier molecular flexibility index (Phi) is 5.68. The number of hydrogen-bond acceptors (Lipinski definition) is 4. The minimum atomic E-state index is -0.129. The van der Waals surface area contributed by atoms with Gasteiger partial charge in [0.05, 0.1) is 26.9 Å². The maximum absolute atomic E-state index is 6.17. The monoisotopic (exact) mass is 279 g/mol. The van der Waals surface area contributed by atoms with Gasteiger partial charge in [0.1, 0.15) is 0 Å². The van der Waals surface area contributed by atoms with Crippen LogP contribution in [0.3, 0.4) is 0 Å². The molecule has 0 bridgehead atoms. The molecule has 2 rings (SSSR count). The fourth-order valence-corrected chi connectivity index (χ4v) is 2.72. The van der Waals surface area contributed by atoms with E-state index >= 15 is 0 Å². The van der Waals surface area contributed by atoms with Crippen molar-refractivity contribution in [2.24, 2.45) is 11.7 Å². The van der Waals surface area contributed by atoms with Crippen LogP contribution >= 0.6 is 0 Å². The molecule has 4 heteroatoms. The van der Waals surface area contributed by atoms with Gasteiger partial charge >= 0.3 is 0 Å². The number of hydrogen-bond donors (Lipinski definition) is 1. The van der Waals surface area contributed by atoms with Crippen LogP contribution in [-0.4, -0.2) is 27.4 Å². The average molecular weight is 279 g/mol. The summed E-state index contributed by atoms with van der Waals surface area (Å²) in [7, 11) is 3.26. The van der Waals surface area contributed by atoms with Crippen LogP contribution in [0.1, 0.15) is 37.3 Å². The zero-order valence-corrected chi connectivity index (χ0v) is 12.4. The normalized spacial score (nSPS) is 17.1. The molecule has 0 radical (unpaired) electrons. The van der Waals surface area contributed by atoms with Gasteiger partial charge in [-0.1, -0.05) is 18.9 Å². The Hall–Kier alpha value is -1.26. The Labute approximate surface area is 121 Å². The smallest absolute Gasteiger partial charge is 0.161 e. The summed E-state index contributed by atoms with van der Waals surface area (Å²) >= 11 is 0. The average Bonchev–Trinajstić information content (AvgIpc) is 2.99. The Morgan fingerprint density at radius 3 is 2.50 bits per heavy atom. The molecule has 1 aliphatic rings. The van der Waals surface area contributed by atoms with Gasteiger partial charge in [-0.25, -0.2) is 0 Å². The number of nitrogens with two attached hydrogens (primary N) is 1. The van der Waals surface area contributed by atoms with Crippen LogP contribution in [0, 0.1) is 5.92 Å². The fraction of sp³-hybridized carbons (Fsp3) is 0.625. The number of rotatable bonds is 7. The SMILES string of the molecule is COc1ccc(C(N)COCC2CCCC2)cc1OC. The first kappa shape index (κ1) is 15.1. The quantitative estimate of drug-likeness (QED) is 0.834. The van der Waals surface area contributed by atoms with Gasteiger partial charge in [-0.2, -0.15) is 0 Å². The summed E-state index contributed by atoms with van der Waals surface area (Å²) in [5.41, 5.74) is 7.18. The van der Waals surface area contributed by atoms with Crippen molar-refractivity contribution < 1.29 is 14.2 Å². The molecule has 0 saturated heterocycles. The van der Waals surface area contributed by atoms with Crippen molar-refractivity contribution >= 4 is 0 Å². The Bertz CT molecular complexity index is 416. The van der Waals surface area contributed by atoms with Gasteiger partial charge in [0.25, 0.3) is 0 Å². The molecule has 2 N–H and O–H groups in total. The highest BCUT2D eigenvalue weighted by Gasteiger charge is 2.16. The van der Waals surface area contributed by atoms with E-state index in [2.05, 4.69) is 0 Å². The number of methoxy groups -OCH3 is 2. The first-order chi connectivity index (χ1) is 9.74. The lowest BCUT2D eigenvalue weighted by atomic mass is 10.1. The summed E-state index contributed by atoms with van der Waals surface area (Å²) in [6, 6.07) is 5.63. The van der Waals surface area contributed by atoms with E-state index in [4.69, 9.17) is 19.9 Å². The molecular weight excluding hydrogens is 254 g/mol. The van der Waals surface area contributed by atoms with Gasteiger partial charge < -0.3 is 19.9 Å². The molecule has 1 aliphatic carbocycles. The molecule has 0 aromatic heterocycles. The molecule has 0 spiro atoms. The van der Waals surface area contributed by atoms with Crippen molar-refractivity contribution in [1.82, 2.24) is 0 Å². The summed E-state index contributed by atoms with van der Waals surface area (Å²) in [5.74, 6) is 2.15. The number of ether oxygens (including phenoxy) is 3. The lowest BCUT2D eigenvalue weighted by Crippen LogP contribution is -2.19. The van der Waals surface area contributed by atoms with E-state index in [9.17, 15) is 0 Å². The molecule has 4 nitrogen and oxygen atoms in total. The van der Waals surface area contributed by atoms with Crippen molar-refractivity contribution in [3.05, 3.63) is 23.8 Å². The van der Waals surface area contributed by atoms with Gasteiger partial charge in [-0.15, -0.1) is 0 Å². The van der Waals surface area contributed by atoms with Crippen molar-refractivity contribution in [2.75, 3.05) is 27.4 Å². The molecule has 1 aromatic carbocycles. The number of benzene rings is 1. The van der Waals surface area contributed by atoms with Gasteiger partial charge in [-0.3, -0.25) is 0 Å². The van der Waals surface area contributed by atoms with E-state index in [-0.39, 0.29) is 6.04 Å². The Morgan fingerprint density at radius 1 is 1.15 bits per heavy atom.